The fraction of sp³-hybridized carbons (Fsp3) is 0.571. The van der Waals surface area contributed by atoms with Gasteiger partial charge in [0, 0.05) is 16.6 Å². The van der Waals surface area contributed by atoms with Crippen molar-refractivity contribution in [2.24, 2.45) is 0 Å². The first-order chi connectivity index (χ1) is 7.57. The highest BCUT2D eigenvalue weighted by Gasteiger charge is 2.32. The standard InChI is InChI=1S/C14H20ClN/c1-11(16-14(2)8-3-9-14)10-12-4-6-13(15)7-5-12/h4-7,11,16H,3,8-10H2,1-2H3. The number of rotatable bonds is 4. The summed E-state index contributed by atoms with van der Waals surface area (Å²) >= 11 is 5.87. The van der Waals surface area contributed by atoms with Crippen LogP contribution in [-0.4, -0.2) is 11.6 Å². The van der Waals surface area contributed by atoms with Gasteiger partial charge in [0.05, 0.1) is 0 Å². The lowest BCUT2D eigenvalue weighted by atomic mass is 9.78. The third-order valence-corrected chi connectivity index (χ3v) is 3.76. The lowest BCUT2D eigenvalue weighted by molar-refractivity contribution is 0.189. The number of halogens is 1. The summed E-state index contributed by atoms with van der Waals surface area (Å²) in [6.45, 7) is 4.59. The van der Waals surface area contributed by atoms with Crippen LogP contribution in [0.4, 0.5) is 0 Å². The number of hydrogen-bond donors (Lipinski definition) is 1. The van der Waals surface area contributed by atoms with Gasteiger partial charge in [-0.3, -0.25) is 0 Å². The van der Waals surface area contributed by atoms with Gasteiger partial charge in [0.2, 0.25) is 0 Å². The molecule has 88 valence electrons. The molecule has 1 aromatic carbocycles. The Balaban J connectivity index is 1.86. The monoisotopic (exact) mass is 237 g/mol. The Hall–Kier alpha value is -0.530. The van der Waals surface area contributed by atoms with E-state index >= 15 is 0 Å². The molecule has 1 unspecified atom stereocenters. The minimum Gasteiger partial charge on any atom is -0.309 e. The summed E-state index contributed by atoms with van der Waals surface area (Å²) in [4.78, 5) is 0. The molecule has 2 heteroatoms. The van der Waals surface area contributed by atoms with Gasteiger partial charge < -0.3 is 5.32 Å². The lowest BCUT2D eigenvalue weighted by Gasteiger charge is -2.41. The van der Waals surface area contributed by atoms with Crippen molar-refractivity contribution in [1.82, 2.24) is 5.32 Å². The average molecular weight is 238 g/mol. The minimum absolute atomic E-state index is 0.395. The molecule has 1 aliphatic carbocycles. The molecule has 1 N–H and O–H groups in total. The predicted molar refractivity (Wildman–Crippen MR) is 70.0 cm³/mol. The summed E-state index contributed by atoms with van der Waals surface area (Å²) in [5, 5.41) is 4.54. The van der Waals surface area contributed by atoms with E-state index in [2.05, 4.69) is 31.3 Å². The molecular formula is C14H20ClN. The van der Waals surface area contributed by atoms with E-state index in [-0.39, 0.29) is 0 Å². The summed E-state index contributed by atoms with van der Waals surface area (Å²) in [6.07, 6.45) is 5.08. The van der Waals surface area contributed by atoms with Gasteiger partial charge in [-0.05, 0) is 57.2 Å². The molecule has 0 radical (unpaired) electrons. The highest BCUT2D eigenvalue weighted by Crippen LogP contribution is 2.31. The van der Waals surface area contributed by atoms with E-state index in [9.17, 15) is 0 Å². The topological polar surface area (TPSA) is 12.0 Å². The van der Waals surface area contributed by atoms with Crippen LogP contribution in [0.25, 0.3) is 0 Å². The Labute approximate surface area is 103 Å². The van der Waals surface area contributed by atoms with E-state index in [4.69, 9.17) is 11.6 Å². The van der Waals surface area contributed by atoms with E-state index in [0.29, 0.717) is 11.6 Å². The van der Waals surface area contributed by atoms with E-state index in [1.807, 2.05) is 12.1 Å². The molecule has 0 aromatic heterocycles. The van der Waals surface area contributed by atoms with Crippen molar-refractivity contribution < 1.29 is 0 Å². The molecule has 0 saturated heterocycles. The van der Waals surface area contributed by atoms with Crippen molar-refractivity contribution >= 4 is 11.6 Å². The van der Waals surface area contributed by atoms with Crippen LogP contribution >= 0.6 is 11.6 Å². The van der Waals surface area contributed by atoms with Crippen LogP contribution in [0.2, 0.25) is 5.02 Å². The second-order valence-electron chi connectivity index (χ2n) is 5.29. The summed E-state index contributed by atoms with van der Waals surface area (Å²) < 4.78 is 0. The van der Waals surface area contributed by atoms with Crippen LogP contribution < -0.4 is 5.32 Å². The summed E-state index contributed by atoms with van der Waals surface area (Å²) in [6, 6.07) is 8.70. The van der Waals surface area contributed by atoms with Gasteiger partial charge in [-0.1, -0.05) is 23.7 Å². The maximum Gasteiger partial charge on any atom is 0.0406 e. The van der Waals surface area contributed by atoms with Gasteiger partial charge >= 0.3 is 0 Å². The van der Waals surface area contributed by atoms with Gasteiger partial charge in [0.25, 0.3) is 0 Å². The molecule has 1 atom stereocenters. The van der Waals surface area contributed by atoms with Crippen LogP contribution in [-0.2, 0) is 6.42 Å². The fourth-order valence-electron chi connectivity index (χ4n) is 2.47. The zero-order valence-corrected chi connectivity index (χ0v) is 10.8. The number of nitrogens with one attached hydrogen (secondary N) is 1. The molecule has 0 heterocycles. The van der Waals surface area contributed by atoms with Crippen LogP contribution in [0.15, 0.2) is 24.3 Å². The molecule has 0 amide bonds. The smallest absolute Gasteiger partial charge is 0.0406 e. The van der Waals surface area contributed by atoms with Crippen molar-refractivity contribution in [1.29, 1.82) is 0 Å². The molecule has 1 nitrogen and oxygen atoms in total. The first-order valence-electron chi connectivity index (χ1n) is 6.10. The van der Waals surface area contributed by atoms with Crippen LogP contribution in [0.1, 0.15) is 38.7 Å². The van der Waals surface area contributed by atoms with Gasteiger partial charge in [0.15, 0.2) is 0 Å². The Bertz CT molecular complexity index is 340. The highest BCUT2D eigenvalue weighted by atomic mass is 35.5. The van der Waals surface area contributed by atoms with E-state index in [0.717, 1.165) is 11.4 Å². The second kappa shape index (κ2) is 4.77. The van der Waals surface area contributed by atoms with Crippen LogP contribution in [0.5, 0.6) is 0 Å². The second-order valence-corrected chi connectivity index (χ2v) is 5.73. The SMILES string of the molecule is CC(Cc1ccc(Cl)cc1)NC1(C)CCC1. The predicted octanol–water partition coefficient (Wildman–Crippen LogP) is 3.80. The Morgan fingerprint density at radius 1 is 1.31 bits per heavy atom. The summed E-state index contributed by atoms with van der Waals surface area (Å²) in [5.41, 5.74) is 1.75. The summed E-state index contributed by atoms with van der Waals surface area (Å²) in [7, 11) is 0. The summed E-state index contributed by atoms with van der Waals surface area (Å²) in [5.74, 6) is 0. The lowest BCUT2D eigenvalue weighted by Crippen LogP contribution is -2.52. The largest absolute Gasteiger partial charge is 0.309 e. The van der Waals surface area contributed by atoms with Crippen molar-refractivity contribution in [3.8, 4) is 0 Å². The third kappa shape index (κ3) is 2.99. The molecule has 0 spiro atoms. The third-order valence-electron chi connectivity index (χ3n) is 3.51. The molecule has 2 rings (SSSR count). The molecule has 16 heavy (non-hydrogen) atoms. The average Bonchev–Trinajstić information content (AvgIpc) is 2.19. The molecule has 1 saturated carbocycles. The zero-order chi connectivity index (χ0) is 11.6. The first-order valence-corrected chi connectivity index (χ1v) is 6.47. The van der Waals surface area contributed by atoms with Gasteiger partial charge in [0.1, 0.15) is 0 Å². The Kier molecular flexibility index (Phi) is 3.56. The maximum absolute atomic E-state index is 5.87. The van der Waals surface area contributed by atoms with E-state index in [1.54, 1.807) is 0 Å². The molecule has 1 aliphatic rings. The number of benzene rings is 1. The van der Waals surface area contributed by atoms with Gasteiger partial charge in [-0.2, -0.15) is 0 Å². The van der Waals surface area contributed by atoms with Crippen LogP contribution in [0, 0.1) is 0 Å². The molecular weight excluding hydrogens is 218 g/mol. The fourth-order valence-corrected chi connectivity index (χ4v) is 2.60. The maximum atomic E-state index is 5.87. The minimum atomic E-state index is 0.395. The van der Waals surface area contributed by atoms with E-state index in [1.165, 1.54) is 24.8 Å². The number of hydrogen-bond acceptors (Lipinski definition) is 1. The Morgan fingerprint density at radius 3 is 2.44 bits per heavy atom. The zero-order valence-electron chi connectivity index (χ0n) is 10.1. The molecule has 1 aromatic rings. The first kappa shape index (κ1) is 11.9. The molecule has 0 aliphatic heterocycles. The van der Waals surface area contributed by atoms with Crippen molar-refractivity contribution in [2.75, 3.05) is 0 Å². The Morgan fingerprint density at radius 2 is 1.94 bits per heavy atom. The van der Waals surface area contributed by atoms with Crippen molar-refractivity contribution in [3.63, 3.8) is 0 Å². The molecule has 1 fully saturated rings. The van der Waals surface area contributed by atoms with Crippen molar-refractivity contribution in [2.45, 2.75) is 51.1 Å². The highest BCUT2D eigenvalue weighted by molar-refractivity contribution is 6.30. The van der Waals surface area contributed by atoms with E-state index < -0.39 is 0 Å². The van der Waals surface area contributed by atoms with Gasteiger partial charge in [-0.25, -0.2) is 0 Å². The normalized spacial score (nSPS) is 20.2. The van der Waals surface area contributed by atoms with Crippen LogP contribution in [0.3, 0.4) is 0 Å². The van der Waals surface area contributed by atoms with Crippen molar-refractivity contribution in [3.05, 3.63) is 34.9 Å². The quantitative estimate of drug-likeness (QED) is 0.840. The van der Waals surface area contributed by atoms with Gasteiger partial charge in [-0.15, -0.1) is 0 Å². The molecule has 0 bridgehead atoms.